The molecule has 0 saturated carbocycles. The number of aryl methyl sites for hydroxylation is 2. The first-order valence-electron chi connectivity index (χ1n) is 10.7. The lowest BCUT2D eigenvalue weighted by molar-refractivity contribution is -0.127. The van der Waals surface area contributed by atoms with Crippen LogP contribution < -0.4 is 5.32 Å². The quantitative estimate of drug-likeness (QED) is 0.676. The predicted molar refractivity (Wildman–Crippen MR) is 111 cm³/mol. The zero-order valence-corrected chi connectivity index (χ0v) is 19.2. The van der Waals surface area contributed by atoms with Crippen molar-refractivity contribution in [2.24, 2.45) is 11.8 Å². The summed E-state index contributed by atoms with van der Waals surface area (Å²) in [6.45, 7) is 12.0. The average Bonchev–Trinajstić information content (AvgIpc) is 3.05. The largest absolute Gasteiger partial charge is 0.374 e. The van der Waals surface area contributed by atoms with Gasteiger partial charge in [0.15, 0.2) is 5.76 Å². The minimum Gasteiger partial charge on any atom is -0.374 e. The van der Waals surface area contributed by atoms with Crippen molar-refractivity contribution >= 4 is 15.9 Å². The van der Waals surface area contributed by atoms with E-state index in [0.29, 0.717) is 44.1 Å². The Morgan fingerprint density at radius 1 is 1.27 bits per heavy atom. The van der Waals surface area contributed by atoms with Crippen LogP contribution in [-0.4, -0.2) is 80.7 Å². The van der Waals surface area contributed by atoms with Crippen molar-refractivity contribution in [2.45, 2.75) is 51.5 Å². The van der Waals surface area contributed by atoms with Crippen molar-refractivity contribution in [3.63, 3.8) is 0 Å². The van der Waals surface area contributed by atoms with E-state index in [9.17, 15) is 13.2 Å². The normalized spacial score (nSPS) is 24.3. The number of morpholine rings is 1. The summed E-state index contributed by atoms with van der Waals surface area (Å²) in [6.07, 6.45) is 1.28. The van der Waals surface area contributed by atoms with E-state index in [1.807, 2.05) is 0 Å². The molecule has 9 nitrogen and oxygen atoms in total. The summed E-state index contributed by atoms with van der Waals surface area (Å²) in [5.74, 6) is 0.383. The highest BCUT2D eigenvalue weighted by Gasteiger charge is 2.36. The molecule has 0 radical (unpaired) electrons. The van der Waals surface area contributed by atoms with Crippen LogP contribution in [0, 0.1) is 25.7 Å². The van der Waals surface area contributed by atoms with E-state index in [0.717, 1.165) is 19.6 Å². The molecule has 30 heavy (non-hydrogen) atoms. The van der Waals surface area contributed by atoms with E-state index in [1.54, 1.807) is 13.8 Å². The molecule has 10 heteroatoms. The van der Waals surface area contributed by atoms with E-state index in [1.165, 1.54) is 4.31 Å². The van der Waals surface area contributed by atoms with Crippen molar-refractivity contribution < 1.29 is 22.5 Å². The third kappa shape index (κ3) is 5.40. The van der Waals surface area contributed by atoms with Crippen LogP contribution in [0.15, 0.2) is 9.42 Å². The van der Waals surface area contributed by atoms with Crippen molar-refractivity contribution in [3.8, 4) is 0 Å². The lowest BCUT2D eigenvalue weighted by Crippen LogP contribution is -2.50. The summed E-state index contributed by atoms with van der Waals surface area (Å²) in [6, 6.07) is 0. The summed E-state index contributed by atoms with van der Waals surface area (Å²) in [5.41, 5.74) is 0.347. The Morgan fingerprint density at radius 2 is 2.03 bits per heavy atom. The minimum atomic E-state index is -3.74. The number of hydrogen-bond acceptors (Lipinski definition) is 7. The molecular weight excluding hydrogens is 408 g/mol. The Bertz CT molecular complexity index is 819. The van der Waals surface area contributed by atoms with Crippen LogP contribution in [0.5, 0.6) is 0 Å². The molecule has 0 spiro atoms. The summed E-state index contributed by atoms with van der Waals surface area (Å²) in [4.78, 5) is 15.2. The maximum atomic E-state index is 13.1. The number of ether oxygens (including phenoxy) is 1. The number of amides is 1. The highest BCUT2D eigenvalue weighted by molar-refractivity contribution is 7.89. The molecule has 0 aliphatic carbocycles. The molecule has 3 heterocycles. The fourth-order valence-corrected chi connectivity index (χ4v) is 6.11. The summed E-state index contributed by atoms with van der Waals surface area (Å²) in [5, 5.41) is 6.74. The van der Waals surface area contributed by atoms with Gasteiger partial charge in [0.1, 0.15) is 10.6 Å². The molecule has 2 aliphatic heterocycles. The first kappa shape index (κ1) is 23.2. The zero-order chi connectivity index (χ0) is 21.9. The van der Waals surface area contributed by atoms with Gasteiger partial charge in [-0.15, -0.1) is 0 Å². The van der Waals surface area contributed by atoms with Crippen LogP contribution in [0.1, 0.15) is 38.1 Å². The van der Waals surface area contributed by atoms with E-state index in [2.05, 4.69) is 29.2 Å². The van der Waals surface area contributed by atoms with Gasteiger partial charge in [0.2, 0.25) is 15.9 Å². The number of carbonyl (C=O) groups excluding carboxylic acids is 1. The van der Waals surface area contributed by atoms with Gasteiger partial charge in [0, 0.05) is 39.3 Å². The lowest BCUT2D eigenvalue weighted by atomic mass is 9.99. The molecule has 170 valence electrons. The Balaban J connectivity index is 1.56. The predicted octanol–water partition coefficient (Wildman–Crippen LogP) is 1.17. The number of piperidine rings is 1. The van der Waals surface area contributed by atoms with Crippen molar-refractivity contribution in [3.05, 3.63) is 11.5 Å². The molecule has 2 saturated heterocycles. The number of carbonyl (C=O) groups is 1. The monoisotopic (exact) mass is 442 g/mol. The fraction of sp³-hybridized carbons (Fsp3) is 0.800. The van der Waals surface area contributed by atoms with Crippen LogP contribution in [0.4, 0.5) is 0 Å². The molecule has 2 fully saturated rings. The third-order valence-electron chi connectivity index (χ3n) is 5.67. The fourth-order valence-electron chi connectivity index (χ4n) is 4.29. The van der Waals surface area contributed by atoms with E-state index in [-0.39, 0.29) is 35.1 Å². The molecule has 2 aliphatic rings. The van der Waals surface area contributed by atoms with Crippen LogP contribution in [-0.2, 0) is 19.6 Å². The van der Waals surface area contributed by atoms with Gasteiger partial charge in [-0.05, 0) is 32.6 Å². The number of nitrogens with one attached hydrogen (secondary N) is 1. The van der Waals surface area contributed by atoms with E-state index < -0.39 is 10.0 Å². The van der Waals surface area contributed by atoms with Crippen molar-refractivity contribution in [1.82, 2.24) is 19.7 Å². The van der Waals surface area contributed by atoms with Gasteiger partial charge in [-0.3, -0.25) is 9.69 Å². The summed E-state index contributed by atoms with van der Waals surface area (Å²) >= 11 is 0. The smallest absolute Gasteiger partial charge is 0.248 e. The number of sulfonamides is 1. The summed E-state index contributed by atoms with van der Waals surface area (Å²) in [7, 11) is -3.74. The number of rotatable bonds is 7. The van der Waals surface area contributed by atoms with Gasteiger partial charge in [-0.1, -0.05) is 19.0 Å². The second-order valence-corrected chi connectivity index (χ2v) is 10.6. The molecule has 0 aromatic carbocycles. The number of nitrogens with zero attached hydrogens (tertiary/aromatic N) is 3. The van der Waals surface area contributed by atoms with Crippen molar-refractivity contribution in [1.29, 1.82) is 0 Å². The van der Waals surface area contributed by atoms with Crippen LogP contribution >= 0.6 is 0 Å². The minimum absolute atomic E-state index is 0.0350. The zero-order valence-electron chi connectivity index (χ0n) is 18.4. The second-order valence-electron chi connectivity index (χ2n) is 8.75. The molecular formula is C20H34N4O5S. The standard InChI is InChI=1S/C20H34N4O5S/c1-14(2)11-23-8-9-28-18(13-23)10-21-20(25)17-6-5-7-24(12-17)30(26,27)19-15(3)22-29-16(19)4/h14,17-18H,5-13H2,1-4H3,(H,21,25). The van der Waals surface area contributed by atoms with Crippen LogP contribution in [0.25, 0.3) is 0 Å². The number of aromatic nitrogens is 1. The molecule has 2 atom stereocenters. The maximum Gasteiger partial charge on any atom is 0.248 e. The van der Waals surface area contributed by atoms with E-state index >= 15 is 0 Å². The molecule has 1 N–H and O–H groups in total. The first-order valence-corrected chi connectivity index (χ1v) is 12.2. The molecule has 1 aromatic rings. The summed E-state index contributed by atoms with van der Waals surface area (Å²) < 4.78 is 38.3. The second kappa shape index (κ2) is 9.76. The molecule has 2 unspecified atom stereocenters. The van der Waals surface area contributed by atoms with Gasteiger partial charge < -0.3 is 14.6 Å². The lowest BCUT2D eigenvalue weighted by Gasteiger charge is -2.35. The third-order valence-corrected chi connectivity index (χ3v) is 7.78. The topological polar surface area (TPSA) is 105 Å². The molecule has 3 rings (SSSR count). The van der Waals surface area contributed by atoms with Gasteiger partial charge in [-0.25, -0.2) is 8.42 Å². The Kier molecular flexibility index (Phi) is 7.54. The molecule has 0 bridgehead atoms. The van der Waals surface area contributed by atoms with Gasteiger partial charge in [0.25, 0.3) is 0 Å². The highest BCUT2D eigenvalue weighted by atomic mass is 32.2. The van der Waals surface area contributed by atoms with Gasteiger partial charge in [0.05, 0.1) is 18.6 Å². The van der Waals surface area contributed by atoms with Gasteiger partial charge >= 0.3 is 0 Å². The Morgan fingerprint density at radius 3 is 2.70 bits per heavy atom. The molecule has 1 amide bonds. The van der Waals surface area contributed by atoms with E-state index in [4.69, 9.17) is 9.26 Å². The van der Waals surface area contributed by atoms with Crippen LogP contribution in [0.3, 0.4) is 0 Å². The highest BCUT2D eigenvalue weighted by Crippen LogP contribution is 2.27. The number of hydrogen-bond donors (Lipinski definition) is 1. The molecule has 1 aromatic heterocycles. The average molecular weight is 443 g/mol. The Labute approximate surface area is 179 Å². The van der Waals surface area contributed by atoms with Crippen molar-refractivity contribution in [2.75, 3.05) is 45.9 Å². The first-order chi connectivity index (χ1) is 14.2. The maximum absolute atomic E-state index is 13.1. The van der Waals surface area contributed by atoms with Gasteiger partial charge in [-0.2, -0.15) is 4.31 Å². The van der Waals surface area contributed by atoms with Crippen LogP contribution in [0.2, 0.25) is 0 Å². The SMILES string of the molecule is Cc1noc(C)c1S(=O)(=O)N1CCCC(C(=O)NCC2CN(CC(C)C)CCO2)C1. The Hall–Kier alpha value is -1.49.